The average molecular weight is 269 g/mol. The number of hydrogen-bond acceptors (Lipinski definition) is 3. The van der Waals surface area contributed by atoms with E-state index < -0.39 is 11.7 Å². The summed E-state index contributed by atoms with van der Waals surface area (Å²) in [5.74, 6) is -1.18. The largest absolute Gasteiger partial charge is 0.477 e. The third-order valence-electron chi connectivity index (χ3n) is 1.92. The Kier molecular flexibility index (Phi) is 2.28. The minimum absolute atomic E-state index is 0.147. The van der Waals surface area contributed by atoms with E-state index in [1.807, 2.05) is 0 Å². The highest BCUT2D eigenvalue weighted by Gasteiger charge is 2.12. The van der Waals surface area contributed by atoms with Crippen molar-refractivity contribution in [2.24, 2.45) is 0 Å². The lowest BCUT2D eigenvalue weighted by atomic mass is 10.2. The lowest BCUT2D eigenvalue weighted by Gasteiger charge is -2.01. The molecule has 0 fully saturated rings. The molecule has 0 aliphatic rings. The Morgan fingerprint density at radius 3 is 2.87 bits per heavy atom. The molecule has 0 atom stereocenters. The zero-order valence-corrected chi connectivity index (χ0v) is 8.91. The number of fused-ring (bicyclic) bond motifs is 1. The first-order valence-electron chi connectivity index (χ1n) is 4.01. The zero-order valence-electron chi connectivity index (χ0n) is 7.32. The highest BCUT2D eigenvalue weighted by atomic mass is 79.9. The highest BCUT2D eigenvalue weighted by molar-refractivity contribution is 9.10. The summed E-state index contributed by atoms with van der Waals surface area (Å²) in [6.07, 6.45) is 0. The van der Waals surface area contributed by atoms with Gasteiger partial charge in [-0.25, -0.2) is 9.59 Å². The summed E-state index contributed by atoms with van der Waals surface area (Å²) in [4.78, 5) is 27.9. The number of hydrogen-bond donors (Lipinski definition) is 2. The molecule has 1 aromatic carbocycles. The fourth-order valence-electron chi connectivity index (χ4n) is 1.30. The molecule has 76 valence electrons. The number of nitrogens with one attached hydrogen (secondary N) is 1. The van der Waals surface area contributed by atoms with Crippen LogP contribution in [0.1, 0.15) is 10.5 Å². The number of halogens is 1. The smallest absolute Gasteiger partial charge is 0.353 e. The van der Waals surface area contributed by atoms with Crippen molar-refractivity contribution in [2.45, 2.75) is 0 Å². The van der Waals surface area contributed by atoms with Gasteiger partial charge < -0.3 is 5.11 Å². The predicted molar refractivity (Wildman–Crippen MR) is 57.0 cm³/mol. The first kappa shape index (κ1) is 9.85. The maximum Gasteiger partial charge on any atom is 0.353 e. The van der Waals surface area contributed by atoms with E-state index >= 15 is 0 Å². The van der Waals surface area contributed by atoms with E-state index in [0.29, 0.717) is 15.4 Å². The Hall–Kier alpha value is -1.69. The molecule has 15 heavy (non-hydrogen) atoms. The quantitative estimate of drug-likeness (QED) is 0.819. The Morgan fingerprint density at radius 1 is 1.47 bits per heavy atom. The van der Waals surface area contributed by atoms with Crippen LogP contribution in [0.15, 0.2) is 27.5 Å². The molecule has 0 aliphatic carbocycles. The standard InChI is InChI=1S/C9H5BrN2O3/c10-5-3-1-2-4-6(5)11-9(15)12-7(4)8(13)14/h1-3H,(H,13,14)(H,11,12,15). The Labute approximate surface area is 91.9 Å². The van der Waals surface area contributed by atoms with Crippen molar-refractivity contribution in [1.29, 1.82) is 0 Å². The van der Waals surface area contributed by atoms with Crippen LogP contribution >= 0.6 is 15.9 Å². The Morgan fingerprint density at radius 2 is 2.20 bits per heavy atom. The van der Waals surface area contributed by atoms with E-state index in [9.17, 15) is 9.59 Å². The van der Waals surface area contributed by atoms with Crippen LogP contribution in [-0.2, 0) is 0 Å². The molecule has 0 radical (unpaired) electrons. The van der Waals surface area contributed by atoms with E-state index in [-0.39, 0.29) is 5.69 Å². The normalized spacial score (nSPS) is 10.5. The van der Waals surface area contributed by atoms with Crippen LogP contribution in [0.3, 0.4) is 0 Å². The Bertz CT molecular complexity index is 606. The van der Waals surface area contributed by atoms with Crippen molar-refractivity contribution < 1.29 is 9.90 Å². The molecule has 0 spiro atoms. The monoisotopic (exact) mass is 268 g/mol. The number of H-pyrrole nitrogens is 1. The molecule has 0 amide bonds. The molecule has 0 unspecified atom stereocenters. The van der Waals surface area contributed by atoms with Crippen LogP contribution < -0.4 is 5.69 Å². The summed E-state index contributed by atoms with van der Waals surface area (Å²) in [5, 5.41) is 9.28. The van der Waals surface area contributed by atoms with Gasteiger partial charge in [0.15, 0.2) is 0 Å². The molecule has 1 heterocycles. The molecule has 0 saturated carbocycles. The molecule has 2 aromatic rings. The van der Waals surface area contributed by atoms with Crippen molar-refractivity contribution in [1.82, 2.24) is 9.97 Å². The summed E-state index contributed by atoms with van der Waals surface area (Å²) in [7, 11) is 0. The van der Waals surface area contributed by atoms with Crippen LogP contribution in [0.4, 0.5) is 0 Å². The lowest BCUT2D eigenvalue weighted by molar-refractivity contribution is 0.0692. The summed E-state index contributed by atoms with van der Waals surface area (Å²) in [6, 6.07) is 4.96. The number of carbonyl (C=O) groups is 1. The van der Waals surface area contributed by atoms with Crippen LogP contribution in [-0.4, -0.2) is 21.0 Å². The van der Waals surface area contributed by atoms with Crippen molar-refractivity contribution in [2.75, 3.05) is 0 Å². The van der Waals surface area contributed by atoms with Gasteiger partial charge in [-0.15, -0.1) is 0 Å². The maximum absolute atomic E-state index is 11.1. The van der Waals surface area contributed by atoms with Gasteiger partial charge >= 0.3 is 11.7 Å². The molecule has 0 saturated heterocycles. The second kappa shape index (κ2) is 3.47. The number of benzene rings is 1. The molecule has 6 heteroatoms. The third-order valence-corrected chi connectivity index (χ3v) is 2.56. The van der Waals surface area contributed by atoms with Crippen molar-refractivity contribution in [3.05, 3.63) is 38.9 Å². The number of aromatic nitrogens is 2. The number of aromatic carboxylic acids is 1. The third kappa shape index (κ3) is 1.63. The second-order valence-corrected chi connectivity index (χ2v) is 3.71. The van der Waals surface area contributed by atoms with Crippen molar-refractivity contribution >= 4 is 32.8 Å². The van der Waals surface area contributed by atoms with Gasteiger partial charge in [-0.2, -0.15) is 4.98 Å². The summed E-state index contributed by atoms with van der Waals surface area (Å²) in [5.41, 5.74) is -0.475. The van der Waals surface area contributed by atoms with Gasteiger partial charge in [0.25, 0.3) is 0 Å². The topological polar surface area (TPSA) is 83.0 Å². The van der Waals surface area contributed by atoms with Gasteiger partial charge in [-0.3, -0.25) is 4.98 Å². The molecule has 5 nitrogen and oxygen atoms in total. The average Bonchev–Trinajstić information content (AvgIpc) is 2.18. The minimum Gasteiger partial charge on any atom is -0.477 e. The molecule has 2 N–H and O–H groups in total. The van der Waals surface area contributed by atoms with E-state index in [4.69, 9.17) is 5.11 Å². The van der Waals surface area contributed by atoms with Gasteiger partial charge in [-0.1, -0.05) is 12.1 Å². The number of nitrogens with zero attached hydrogens (tertiary/aromatic N) is 1. The maximum atomic E-state index is 11.1. The van der Waals surface area contributed by atoms with E-state index in [0.717, 1.165) is 0 Å². The van der Waals surface area contributed by atoms with Crippen molar-refractivity contribution in [3.63, 3.8) is 0 Å². The van der Waals surface area contributed by atoms with Crippen LogP contribution in [0.25, 0.3) is 10.9 Å². The summed E-state index contributed by atoms with van der Waals surface area (Å²) >= 11 is 3.21. The van der Waals surface area contributed by atoms with Crippen LogP contribution in [0.5, 0.6) is 0 Å². The first-order valence-corrected chi connectivity index (χ1v) is 4.81. The number of aromatic amines is 1. The number of para-hydroxylation sites is 1. The predicted octanol–water partition coefficient (Wildman–Crippen LogP) is 1.38. The number of carboxylic acids is 1. The zero-order chi connectivity index (χ0) is 11.0. The molecule has 1 aromatic heterocycles. The first-order chi connectivity index (χ1) is 7.09. The highest BCUT2D eigenvalue weighted by Crippen LogP contribution is 2.21. The van der Waals surface area contributed by atoms with E-state index in [1.165, 1.54) is 0 Å². The molecule has 0 aliphatic heterocycles. The fourth-order valence-corrected chi connectivity index (χ4v) is 1.76. The number of rotatable bonds is 1. The van der Waals surface area contributed by atoms with E-state index in [1.54, 1.807) is 18.2 Å². The van der Waals surface area contributed by atoms with Gasteiger partial charge in [0.1, 0.15) is 5.69 Å². The lowest BCUT2D eigenvalue weighted by Crippen LogP contribution is -2.16. The van der Waals surface area contributed by atoms with E-state index in [2.05, 4.69) is 25.9 Å². The molecule has 2 rings (SSSR count). The van der Waals surface area contributed by atoms with Gasteiger partial charge in [0.05, 0.1) is 5.52 Å². The summed E-state index contributed by atoms with van der Waals surface area (Å²) < 4.78 is 0.591. The molecular formula is C9H5BrN2O3. The van der Waals surface area contributed by atoms with Gasteiger partial charge in [0.2, 0.25) is 0 Å². The SMILES string of the molecule is O=C(O)c1[nH]c(=O)nc2c(Br)cccc12. The molecular weight excluding hydrogens is 264 g/mol. The van der Waals surface area contributed by atoms with Crippen LogP contribution in [0.2, 0.25) is 0 Å². The number of carboxylic acid groups (broad SMARTS) is 1. The van der Waals surface area contributed by atoms with Crippen LogP contribution in [0, 0.1) is 0 Å². The Balaban J connectivity index is 2.99. The van der Waals surface area contributed by atoms with Gasteiger partial charge in [-0.05, 0) is 22.0 Å². The van der Waals surface area contributed by atoms with Crippen molar-refractivity contribution in [3.8, 4) is 0 Å². The summed E-state index contributed by atoms with van der Waals surface area (Å²) in [6.45, 7) is 0. The minimum atomic E-state index is -1.18. The van der Waals surface area contributed by atoms with Gasteiger partial charge in [0, 0.05) is 9.86 Å². The second-order valence-electron chi connectivity index (χ2n) is 2.86. The molecule has 0 bridgehead atoms. The fraction of sp³-hybridized carbons (Fsp3) is 0.